The topological polar surface area (TPSA) is 52.8 Å². The lowest BCUT2D eigenvalue weighted by atomic mass is 9.81. The molecule has 0 amide bonds. The number of hydrogen-bond acceptors (Lipinski definition) is 5. The van der Waals surface area contributed by atoms with Crippen LogP contribution < -0.4 is 19.6 Å². The number of hydrogen-bond donors (Lipinski definition) is 0. The third-order valence-corrected chi connectivity index (χ3v) is 8.05. The third-order valence-electron chi connectivity index (χ3n) is 7.08. The summed E-state index contributed by atoms with van der Waals surface area (Å²) < 4.78 is 28.4. The van der Waals surface area contributed by atoms with Crippen molar-refractivity contribution in [3.63, 3.8) is 0 Å². The number of halogens is 1. The second-order valence-corrected chi connectivity index (χ2v) is 10.5. The van der Waals surface area contributed by atoms with Gasteiger partial charge >= 0.3 is 0 Å². The van der Waals surface area contributed by atoms with Crippen molar-refractivity contribution in [3.8, 4) is 11.5 Å². The van der Waals surface area contributed by atoms with E-state index in [2.05, 4.69) is 4.98 Å². The van der Waals surface area contributed by atoms with Crippen LogP contribution in [0, 0.1) is 5.82 Å². The molecule has 7 rings (SSSR count). The number of ether oxygens (including phenoxy) is 2. The molecule has 0 unspecified atom stereocenters. The van der Waals surface area contributed by atoms with Crippen LogP contribution >= 0.6 is 11.3 Å². The molecule has 0 saturated heterocycles. The Bertz CT molecular complexity index is 2030. The number of fused-ring (bicyclic) bond motifs is 4. The molecule has 0 N–H and O–H groups in total. The number of thiazole rings is 1. The highest BCUT2D eigenvalue weighted by atomic mass is 32.1. The van der Waals surface area contributed by atoms with Crippen LogP contribution in [-0.4, -0.2) is 16.0 Å². The van der Waals surface area contributed by atoms with E-state index in [1.807, 2.05) is 85.8 Å². The summed E-state index contributed by atoms with van der Waals surface area (Å²) >= 11 is 1.34. The highest BCUT2D eigenvalue weighted by molar-refractivity contribution is 7.15. The van der Waals surface area contributed by atoms with Crippen LogP contribution in [0.4, 0.5) is 4.39 Å². The van der Waals surface area contributed by atoms with E-state index in [0.717, 1.165) is 39.0 Å². The van der Waals surface area contributed by atoms with Crippen molar-refractivity contribution in [2.75, 3.05) is 6.61 Å². The zero-order chi connectivity index (χ0) is 27.2. The fraction of sp³-hybridized carbons (Fsp3) is 0.0909. The van der Waals surface area contributed by atoms with Crippen LogP contribution in [0.15, 0.2) is 107 Å². The van der Waals surface area contributed by atoms with Gasteiger partial charge in [-0.1, -0.05) is 53.8 Å². The Morgan fingerprint density at radius 2 is 1.73 bits per heavy atom. The molecule has 6 aromatic rings. The Kier molecular flexibility index (Phi) is 5.94. The van der Waals surface area contributed by atoms with Crippen LogP contribution in [0.25, 0.3) is 27.8 Å². The van der Waals surface area contributed by atoms with Gasteiger partial charge in [-0.25, -0.2) is 13.8 Å². The smallest absolute Gasteiger partial charge is 0.274 e. The average Bonchev–Trinajstić information content (AvgIpc) is 3.49. The second kappa shape index (κ2) is 9.77. The van der Waals surface area contributed by atoms with E-state index in [-0.39, 0.29) is 17.3 Å². The van der Waals surface area contributed by atoms with Gasteiger partial charge in [-0.05, 0) is 73.2 Å². The zero-order valence-corrected chi connectivity index (χ0v) is 22.3. The molecule has 0 bridgehead atoms. The molecule has 1 atom stereocenters. The van der Waals surface area contributed by atoms with Crippen LogP contribution in [0.2, 0.25) is 0 Å². The van der Waals surface area contributed by atoms with E-state index in [1.54, 1.807) is 16.5 Å². The summed E-state index contributed by atoms with van der Waals surface area (Å²) in [5.74, 6) is 1.51. The third kappa shape index (κ3) is 4.06. The predicted octanol–water partition coefficient (Wildman–Crippen LogP) is 6.58. The molecule has 40 heavy (non-hydrogen) atoms. The lowest BCUT2D eigenvalue weighted by Crippen LogP contribution is -2.24. The maximum atomic E-state index is 14.0. The van der Waals surface area contributed by atoms with Crippen LogP contribution in [0.5, 0.6) is 11.5 Å². The summed E-state index contributed by atoms with van der Waals surface area (Å²) in [6.45, 7) is 2.51. The van der Waals surface area contributed by atoms with E-state index < -0.39 is 0 Å². The summed E-state index contributed by atoms with van der Waals surface area (Å²) in [6, 6.07) is 29.7. The van der Waals surface area contributed by atoms with Crippen molar-refractivity contribution in [1.82, 2.24) is 9.38 Å². The van der Waals surface area contributed by atoms with Gasteiger partial charge < -0.3 is 9.47 Å². The maximum absolute atomic E-state index is 14.0. The molecule has 196 valence electrons. The van der Waals surface area contributed by atoms with Gasteiger partial charge in [0.2, 0.25) is 0 Å². The Balaban J connectivity index is 1.51. The van der Waals surface area contributed by atoms with E-state index in [9.17, 15) is 9.18 Å². The Morgan fingerprint density at radius 1 is 0.975 bits per heavy atom. The minimum Gasteiger partial charge on any atom is -0.494 e. The molecule has 0 radical (unpaired) electrons. The molecule has 0 saturated carbocycles. The van der Waals surface area contributed by atoms with Crippen LogP contribution in [0.1, 0.15) is 29.5 Å². The summed E-state index contributed by atoms with van der Waals surface area (Å²) in [5, 5.41) is 0. The summed E-state index contributed by atoms with van der Waals surface area (Å²) in [7, 11) is 0. The molecule has 0 aliphatic carbocycles. The van der Waals surface area contributed by atoms with Crippen molar-refractivity contribution in [2.45, 2.75) is 12.8 Å². The number of allylic oxidation sites excluding steroid dienone is 1. The molecule has 0 fully saturated rings. The molecule has 5 nitrogen and oxygen atoms in total. The van der Waals surface area contributed by atoms with Crippen LogP contribution in [0.3, 0.4) is 0 Å². The molecular weight excluding hydrogens is 523 g/mol. The molecule has 4 aromatic carbocycles. The van der Waals surface area contributed by atoms with Crippen molar-refractivity contribution in [1.29, 1.82) is 0 Å². The molecule has 3 heterocycles. The van der Waals surface area contributed by atoms with Crippen molar-refractivity contribution >= 4 is 39.2 Å². The first-order valence-corrected chi connectivity index (χ1v) is 13.8. The first kappa shape index (κ1) is 24.3. The highest BCUT2D eigenvalue weighted by Gasteiger charge is 2.31. The molecule has 0 spiro atoms. The van der Waals surface area contributed by atoms with E-state index in [1.165, 1.54) is 23.5 Å². The molecule has 1 aliphatic heterocycles. The number of benzene rings is 4. The molecular formula is C33H23FN2O3S. The first-order valence-electron chi connectivity index (χ1n) is 13.0. The van der Waals surface area contributed by atoms with Gasteiger partial charge in [-0.2, -0.15) is 0 Å². The second-order valence-electron chi connectivity index (χ2n) is 9.50. The SMILES string of the molecule is CCOc1ccc(C2=C(C=c3sc4nc5ccccc5n4c3=O)[C@H](c3ccc(F)cc3)c3ccccc3O2)cc1. The minimum atomic E-state index is -0.307. The quantitative estimate of drug-likeness (QED) is 0.245. The Morgan fingerprint density at radius 3 is 2.52 bits per heavy atom. The van der Waals surface area contributed by atoms with Crippen molar-refractivity contribution < 1.29 is 13.9 Å². The number of nitrogens with zero attached hydrogens (tertiary/aromatic N) is 2. The summed E-state index contributed by atoms with van der Waals surface area (Å²) in [5.41, 5.74) is 4.91. The zero-order valence-electron chi connectivity index (χ0n) is 21.5. The number of rotatable bonds is 5. The Hall–Kier alpha value is -4.75. The average molecular weight is 547 g/mol. The van der Waals surface area contributed by atoms with E-state index in [0.29, 0.717) is 27.6 Å². The normalized spacial score (nSPS) is 15.4. The van der Waals surface area contributed by atoms with Crippen molar-refractivity contribution in [3.05, 3.63) is 140 Å². The van der Waals surface area contributed by atoms with Gasteiger partial charge in [-0.15, -0.1) is 0 Å². The first-order chi connectivity index (χ1) is 19.6. The van der Waals surface area contributed by atoms with Gasteiger partial charge in [0.05, 0.1) is 22.2 Å². The standard InChI is InChI=1S/C33H23FN2O3S/c1-2-38-23-17-13-21(14-18-23)31-25(19-29-32(37)36-27-9-5-4-8-26(27)35-33(36)40-29)30(20-11-15-22(34)16-12-20)24-7-3-6-10-28(24)39-31/h3-19,30H,2H2,1H3/t30-/m1/s1. The van der Waals surface area contributed by atoms with Gasteiger partial charge in [0.1, 0.15) is 23.1 Å². The fourth-order valence-electron chi connectivity index (χ4n) is 5.29. The van der Waals surface area contributed by atoms with Gasteiger partial charge in [0.15, 0.2) is 4.96 Å². The van der Waals surface area contributed by atoms with Gasteiger partial charge in [-0.3, -0.25) is 4.79 Å². The van der Waals surface area contributed by atoms with Crippen molar-refractivity contribution in [2.24, 2.45) is 0 Å². The lowest BCUT2D eigenvalue weighted by molar-refractivity contribution is 0.340. The predicted molar refractivity (Wildman–Crippen MR) is 156 cm³/mol. The Labute approximate surface area is 233 Å². The summed E-state index contributed by atoms with van der Waals surface area (Å²) in [6.07, 6.45) is 1.91. The summed E-state index contributed by atoms with van der Waals surface area (Å²) in [4.78, 5) is 19.1. The maximum Gasteiger partial charge on any atom is 0.274 e. The monoisotopic (exact) mass is 546 g/mol. The molecule has 7 heteroatoms. The molecule has 2 aromatic heterocycles. The molecule has 1 aliphatic rings. The number of aromatic nitrogens is 2. The fourth-order valence-corrected chi connectivity index (χ4v) is 6.27. The van der Waals surface area contributed by atoms with E-state index in [4.69, 9.17) is 9.47 Å². The number of para-hydroxylation sites is 3. The largest absolute Gasteiger partial charge is 0.494 e. The van der Waals surface area contributed by atoms with Gasteiger partial charge in [0, 0.05) is 22.6 Å². The van der Waals surface area contributed by atoms with Gasteiger partial charge in [0.25, 0.3) is 5.56 Å². The minimum absolute atomic E-state index is 0.135. The van der Waals surface area contributed by atoms with Crippen LogP contribution in [-0.2, 0) is 0 Å². The highest BCUT2D eigenvalue weighted by Crippen LogP contribution is 2.46. The lowest BCUT2D eigenvalue weighted by Gasteiger charge is -2.30. The number of imidazole rings is 1. The van der Waals surface area contributed by atoms with E-state index >= 15 is 0 Å².